The minimum Gasteiger partial charge on any atom is -0.324 e. The van der Waals surface area contributed by atoms with Gasteiger partial charge in [0.15, 0.2) is 0 Å². The minimum atomic E-state index is -3.55. The molecule has 2 rings (SSSR count). The first-order chi connectivity index (χ1) is 8.50. The van der Waals surface area contributed by atoms with Crippen molar-refractivity contribution >= 4 is 18.9 Å². The molecule has 0 saturated heterocycles. The molecule has 1 aromatic heterocycles. The van der Waals surface area contributed by atoms with Gasteiger partial charge in [0.2, 0.25) is 0 Å². The zero-order valence-electron chi connectivity index (χ0n) is 10.8. The lowest BCUT2D eigenvalue weighted by Gasteiger charge is -2.23. The van der Waals surface area contributed by atoms with Crippen LogP contribution in [-0.4, -0.2) is 16.0 Å². The van der Waals surface area contributed by atoms with Gasteiger partial charge in [-0.15, -0.1) is 11.3 Å². The van der Waals surface area contributed by atoms with Crippen molar-refractivity contribution in [2.75, 3.05) is 0 Å². The van der Waals surface area contributed by atoms with Crippen LogP contribution in [0.2, 0.25) is 0 Å². The fourth-order valence-corrected chi connectivity index (χ4v) is 4.50. The van der Waals surface area contributed by atoms with Gasteiger partial charge in [0.1, 0.15) is 11.2 Å². The molecule has 2 atom stereocenters. The highest BCUT2D eigenvalue weighted by molar-refractivity contribution is 7.52. The van der Waals surface area contributed by atoms with Gasteiger partial charge in [-0.3, -0.25) is 4.57 Å². The van der Waals surface area contributed by atoms with E-state index < -0.39 is 7.60 Å². The highest BCUT2D eigenvalue weighted by Gasteiger charge is 2.26. The molecule has 0 aromatic carbocycles. The summed E-state index contributed by atoms with van der Waals surface area (Å²) >= 11 is 1.47. The summed E-state index contributed by atoms with van der Waals surface area (Å²) in [6, 6.07) is 0. The van der Waals surface area contributed by atoms with E-state index in [0.717, 1.165) is 12.1 Å². The third-order valence-corrected chi connectivity index (χ3v) is 5.82. The average Bonchev–Trinajstić information content (AvgIpc) is 2.61. The first-order valence-corrected chi connectivity index (χ1v) is 9.09. The summed E-state index contributed by atoms with van der Waals surface area (Å²) in [6.45, 7) is 3.74. The van der Waals surface area contributed by atoms with Crippen molar-refractivity contribution < 1.29 is 14.0 Å². The summed E-state index contributed by atoms with van der Waals surface area (Å²) < 4.78 is 17.1. The molecule has 1 heterocycles. The quantitative estimate of drug-likeness (QED) is 0.807. The van der Waals surface area contributed by atoms with Crippen LogP contribution in [0.4, 0.5) is 0 Å². The van der Waals surface area contributed by atoms with Crippen molar-refractivity contribution in [2.45, 2.75) is 57.7 Å². The maximum atomic E-state index is 11.9. The Morgan fingerprint density at radius 3 is 2.94 bits per heavy atom. The lowest BCUT2D eigenvalue weighted by atomic mass is 9.83. The van der Waals surface area contributed by atoms with E-state index in [-0.39, 0.29) is 12.3 Å². The molecular weight excluding hydrogens is 269 g/mol. The smallest absolute Gasteiger partial charge is 0.324 e. The second-order valence-electron chi connectivity index (χ2n) is 4.91. The van der Waals surface area contributed by atoms with Crippen LogP contribution in [0.15, 0.2) is 5.38 Å². The van der Waals surface area contributed by atoms with Crippen LogP contribution in [0.3, 0.4) is 0 Å². The molecule has 2 unspecified atom stereocenters. The largest absolute Gasteiger partial charge is 0.335 e. The van der Waals surface area contributed by atoms with Crippen molar-refractivity contribution in [2.24, 2.45) is 0 Å². The van der Waals surface area contributed by atoms with Gasteiger partial charge in [0, 0.05) is 11.3 Å². The third kappa shape index (κ3) is 3.64. The summed E-state index contributed by atoms with van der Waals surface area (Å²) in [5, 5.41) is 2.73. The summed E-state index contributed by atoms with van der Waals surface area (Å²) in [4.78, 5) is 14.2. The zero-order chi connectivity index (χ0) is 13.2. The van der Waals surface area contributed by atoms with E-state index in [2.05, 4.69) is 4.98 Å². The predicted octanol–water partition coefficient (Wildman–Crippen LogP) is 3.91. The SMILES string of the molecule is CCC(C)OP(=O)(O)Cc1nc(C2CCC2)cs1. The molecule has 1 aromatic rings. The van der Waals surface area contributed by atoms with E-state index in [4.69, 9.17) is 4.52 Å². The number of hydrogen-bond donors (Lipinski definition) is 1. The third-order valence-electron chi connectivity index (χ3n) is 3.35. The molecule has 0 radical (unpaired) electrons. The monoisotopic (exact) mass is 289 g/mol. The first kappa shape index (κ1) is 14.2. The molecule has 18 heavy (non-hydrogen) atoms. The van der Waals surface area contributed by atoms with Crippen LogP contribution < -0.4 is 0 Å². The topological polar surface area (TPSA) is 59.4 Å². The van der Waals surface area contributed by atoms with Gasteiger partial charge in [-0.25, -0.2) is 4.98 Å². The Bertz CT molecular complexity index is 444. The molecule has 1 N–H and O–H groups in total. The van der Waals surface area contributed by atoms with Gasteiger partial charge in [-0.05, 0) is 26.2 Å². The molecule has 102 valence electrons. The number of rotatable bonds is 6. The van der Waals surface area contributed by atoms with Gasteiger partial charge < -0.3 is 9.42 Å². The Morgan fingerprint density at radius 1 is 1.67 bits per heavy atom. The molecule has 1 fully saturated rings. The van der Waals surface area contributed by atoms with E-state index in [0.29, 0.717) is 10.9 Å². The summed E-state index contributed by atoms with van der Waals surface area (Å²) in [5.74, 6) is 0.573. The number of hydrogen-bond acceptors (Lipinski definition) is 4. The van der Waals surface area contributed by atoms with Gasteiger partial charge in [-0.1, -0.05) is 13.3 Å². The second-order valence-corrected chi connectivity index (χ2v) is 7.66. The molecule has 6 heteroatoms. The Labute approximate surface area is 112 Å². The molecule has 1 aliphatic rings. The van der Waals surface area contributed by atoms with Gasteiger partial charge in [0.05, 0.1) is 11.8 Å². The number of nitrogens with zero attached hydrogens (tertiary/aromatic N) is 1. The Balaban J connectivity index is 1.95. The van der Waals surface area contributed by atoms with Crippen LogP contribution >= 0.6 is 18.9 Å². The average molecular weight is 289 g/mol. The molecule has 1 aliphatic carbocycles. The maximum absolute atomic E-state index is 11.9. The second kappa shape index (κ2) is 5.83. The standard InChI is InChI=1S/C12H20NO3PS/c1-3-9(2)16-17(14,15)7-12-13-11(8-18-12)10-5-4-6-10/h8-10H,3-7H2,1-2H3,(H,14,15). The molecule has 1 saturated carbocycles. The first-order valence-electron chi connectivity index (χ1n) is 6.44. The number of thiazole rings is 1. The van der Waals surface area contributed by atoms with Gasteiger partial charge >= 0.3 is 7.60 Å². The van der Waals surface area contributed by atoms with Crippen LogP contribution in [0.1, 0.15) is 56.2 Å². The van der Waals surface area contributed by atoms with Gasteiger partial charge in [-0.2, -0.15) is 0 Å². The van der Waals surface area contributed by atoms with Crippen molar-refractivity contribution in [3.05, 3.63) is 16.1 Å². The van der Waals surface area contributed by atoms with Crippen molar-refractivity contribution in [3.63, 3.8) is 0 Å². The lowest BCUT2D eigenvalue weighted by molar-refractivity contribution is 0.185. The van der Waals surface area contributed by atoms with Crippen LogP contribution in [0.5, 0.6) is 0 Å². The zero-order valence-corrected chi connectivity index (χ0v) is 12.5. The van der Waals surface area contributed by atoms with E-state index in [9.17, 15) is 9.46 Å². The Hall–Kier alpha value is -0.220. The normalized spacial score (nSPS) is 21.3. The van der Waals surface area contributed by atoms with E-state index in [1.807, 2.05) is 19.2 Å². The van der Waals surface area contributed by atoms with E-state index in [1.165, 1.54) is 30.6 Å². The molecular formula is C12H20NO3PS. The highest BCUT2D eigenvalue weighted by atomic mass is 32.1. The molecule has 0 bridgehead atoms. The van der Waals surface area contributed by atoms with Crippen molar-refractivity contribution in [1.82, 2.24) is 4.98 Å². The van der Waals surface area contributed by atoms with Crippen LogP contribution in [0.25, 0.3) is 0 Å². The molecule has 4 nitrogen and oxygen atoms in total. The maximum Gasteiger partial charge on any atom is 0.335 e. The van der Waals surface area contributed by atoms with E-state index in [1.54, 1.807) is 0 Å². The van der Waals surface area contributed by atoms with Crippen molar-refractivity contribution in [3.8, 4) is 0 Å². The number of aromatic nitrogens is 1. The summed E-state index contributed by atoms with van der Waals surface area (Å²) in [7, 11) is -3.55. The van der Waals surface area contributed by atoms with Crippen molar-refractivity contribution in [1.29, 1.82) is 0 Å². The lowest BCUT2D eigenvalue weighted by Crippen LogP contribution is -2.09. The highest BCUT2D eigenvalue weighted by Crippen LogP contribution is 2.48. The van der Waals surface area contributed by atoms with Crippen LogP contribution in [-0.2, 0) is 15.3 Å². The fraction of sp³-hybridized carbons (Fsp3) is 0.750. The molecule has 0 amide bonds. The summed E-state index contributed by atoms with van der Waals surface area (Å²) in [6.07, 6.45) is 4.25. The molecule has 0 aliphatic heterocycles. The minimum absolute atomic E-state index is 0.0364. The Morgan fingerprint density at radius 2 is 2.39 bits per heavy atom. The Kier molecular flexibility index (Phi) is 4.59. The fourth-order valence-electron chi connectivity index (χ4n) is 1.85. The van der Waals surface area contributed by atoms with E-state index >= 15 is 0 Å². The molecule has 0 spiro atoms. The van der Waals surface area contributed by atoms with Crippen LogP contribution in [0, 0.1) is 0 Å². The van der Waals surface area contributed by atoms with Gasteiger partial charge in [0.25, 0.3) is 0 Å². The summed E-state index contributed by atoms with van der Waals surface area (Å²) in [5.41, 5.74) is 1.09. The predicted molar refractivity (Wildman–Crippen MR) is 73.1 cm³/mol.